The van der Waals surface area contributed by atoms with Gasteiger partial charge in [0.2, 0.25) is 5.91 Å². The summed E-state index contributed by atoms with van der Waals surface area (Å²) in [7, 11) is 0. The van der Waals surface area contributed by atoms with Crippen molar-refractivity contribution < 1.29 is 9.32 Å². The van der Waals surface area contributed by atoms with Gasteiger partial charge in [-0.05, 0) is 40.5 Å². The molecule has 0 bridgehead atoms. The molecule has 3 heterocycles. The van der Waals surface area contributed by atoms with Crippen LogP contribution in [-0.4, -0.2) is 32.7 Å². The Kier molecular flexibility index (Phi) is 4.73. The van der Waals surface area contributed by atoms with Crippen LogP contribution in [0.25, 0.3) is 0 Å². The lowest BCUT2D eigenvalue weighted by Gasteiger charge is -2.30. The first-order valence-electron chi connectivity index (χ1n) is 8.71. The second kappa shape index (κ2) is 6.79. The molecule has 0 radical (unpaired) electrons. The van der Waals surface area contributed by atoms with Gasteiger partial charge in [-0.15, -0.1) is 0 Å². The van der Waals surface area contributed by atoms with Crippen LogP contribution >= 0.6 is 0 Å². The molecule has 24 heavy (non-hydrogen) atoms. The van der Waals surface area contributed by atoms with E-state index in [1.165, 1.54) is 12.0 Å². The van der Waals surface area contributed by atoms with E-state index < -0.39 is 0 Å². The molecule has 2 aromatic heterocycles. The second-order valence-electron chi connectivity index (χ2n) is 6.78. The summed E-state index contributed by atoms with van der Waals surface area (Å²) < 4.78 is 5.21. The highest BCUT2D eigenvalue weighted by Crippen LogP contribution is 2.33. The van der Waals surface area contributed by atoms with Crippen molar-refractivity contribution >= 4 is 5.91 Å². The number of amides is 1. The highest BCUT2D eigenvalue weighted by molar-refractivity contribution is 5.79. The van der Waals surface area contributed by atoms with Gasteiger partial charge in [0.15, 0.2) is 0 Å². The molecule has 0 saturated carbocycles. The normalized spacial score (nSPS) is 18.7. The van der Waals surface area contributed by atoms with Crippen LogP contribution in [0, 0.1) is 27.7 Å². The van der Waals surface area contributed by atoms with Crippen LogP contribution in [0.3, 0.4) is 0 Å². The Balaban J connectivity index is 1.89. The highest BCUT2D eigenvalue weighted by Gasteiger charge is 2.30. The molecule has 0 aliphatic carbocycles. The summed E-state index contributed by atoms with van der Waals surface area (Å²) in [5, 5.41) is 11.4. The minimum atomic E-state index is 0.110. The van der Waals surface area contributed by atoms with Crippen molar-refractivity contribution in [3.8, 4) is 0 Å². The molecule has 2 aromatic rings. The summed E-state index contributed by atoms with van der Waals surface area (Å²) in [6.07, 6.45) is 4.72. The second-order valence-corrected chi connectivity index (χ2v) is 6.78. The topological polar surface area (TPSA) is 75.0 Å². The number of carbonyl (C=O) groups is 1. The Morgan fingerprint density at radius 2 is 2.00 bits per heavy atom. The lowest BCUT2D eigenvalue weighted by molar-refractivity contribution is -0.133. The van der Waals surface area contributed by atoms with Crippen molar-refractivity contribution in [2.45, 2.75) is 65.8 Å². The Bertz CT molecular complexity index is 692. The number of aromatic amines is 1. The number of H-pyrrole nitrogens is 1. The third-order valence-corrected chi connectivity index (χ3v) is 5.10. The fourth-order valence-corrected chi connectivity index (χ4v) is 3.76. The fraction of sp³-hybridized carbons (Fsp3) is 0.611. The molecule has 6 nitrogen and oxygen atoms in total. The van der Waals surface area contributed by atoms with Crippen molar-refractivity contribution in [3.05, 3.63) is 34.0 Å². The first-order chi connectivity index (χ1) is 11.5. The molecule has 0 aromatic carbocycles. The van der Waals surface area contributed by atoms with Gasteiger partial charge < -0.3 is 9.42 Å². The largest absolute Gasteiger partial charge is 0.361 e. The zero-order valence-corrected chi connectivity index (χ0v) is 15.0. The fourth-order valence-electron chi connectivity index (χ4n) is 3.76. The van der Waals surface area contributed by atoms with E-state index in [4.69, 9.17) is 4.52 Å². The molecule has 1 atom stereocenters. The monoisotopic (exact) mass is 330 g/mol. The van der Waals surface area contributed by atoms with Crippen molar-refractivity contribution in [1.29, 1.82) is 0 Å². The number of aromatic nitrogens is 3. The van der Waals surface area contributed by atoms with E-state index in [9.17, 15) is 4.79 Å². The first-order valence-corrected chi connectivity index (χ1v) is 8.71. The molecule has 1 N–H and O–H groups in total. The quantitative estimate of drug-likeness (QED) is 0.937. The smallest absolute Gasteiger partial charge is 0.227 e. The maximum absolute atomic E-state index is 13.1. The maximum Gasteiger partial charge on any atom is 0.227 e. The van der Waals surface area contributed by atoms with Crippen LogP contribution in [0.15, 0.2) is 4.52 Å². The molecular weight excluding hydrogens is 304 g/mol. The highest BCUT2D eigenvalue weighted by atomic mass is 16.5. The summed E-state index contributed by atoms with van der Waals surface area (Å²) in [6, 6.07) is 0.110. The molecule has 0 unspecified atom stereocenters. The number of nitrogens with one attached hydrogen (secondary N) is 1. The van der Waals surface area contributed by atoms with Gasteiger partial charge in [0.1, 0.15) is 5.76 Å². The maximum atomic E-state index is 13.1. The minimum Gasteiger partial charge on any atom is -0.361 e. The van der Waals surface area contributed by atoms with Gasteiger partial charge in [0.25, 0.3) is 0 Å². The summed E-state index contributed by atoms with van der Waals surface area (Å²) in [5.41, 5.74) is 4.97. The van der Waals surface area contributed by atoms with Crippen LogP contribution in [0.4, 0.5) is 0 Å². The van der Waals surface area contributed by atoms with E-state index in [2.05, 4.69) is 15.4 Å². The molecule has 1 aliphatic heterocycles. The molecule has 1 fully saturated rings. The van der Waals surface area contributed by atoms with Gasteiger partial charge in [-0.2, -0.15) is 5.10 Å². The van der Waals surface area contributed by atoms with Crippen molar-refractivity contribution in [2.75, 3.05) is 6.54 Å². The molecule has 0 spiro atoms. The van der Waals surface area contributed by atoms with E-state index >= 15 is 0 Å². The van der Waals surface area contributed by atoms with Gasteiger partial charge in [-0.1, -0.05) is 18.0 Å². The van der Waals surface area contributed by atoms with Crippen molar-refractivity contribution in [2.24, 2.45) is 0 Å². The summed E-state index contributed by atoms with van der Waals surface area (Å²) in [5.74, 6) is 0.888. The van der Waals surface area contributed by atoms with Gasteiger partial charge in [-0.3, -0.25) is 9.89 Å². The number of nitrogens with zero attached hydrogens (tertiary/aromatic N) is 3. The average Bonchev–Trinajstić information content (AvgIpc) is 2.94. The lowest BCUT2D eigenvalue weighted by atomic mass is 9.98. The Hall–Kier alpha value is -2.11. The number of hydrogen-bond acceptors (Lipinski definition) is 4. The molecule has 1 amide bonds. The van der Waals surface area contributed by atoms with Crippen LogP contribution in [0.2, 0.25) is 0 Å². The molecule has 130 valence electrons. The molecule has 6 heteroatoms. The third kappa shape index (κ3) is 3.09. The predicted molar refractivity (Wildman–Crippen MR) is 90.7 cm³/mol. The molecule has 1 aliphatic rings. The van der Waals surface area contributed by atoms with E-state index in [1.807, 2.05) is 32.6 Å². The van der Waals surface area contributed by atoms with Gasteiger partial charge in [0.05, 0.1) is 23.9 Å². The Labute approximate surface area is 142 Å². The summed E-state index contributed by atoms with van der Waals surface area (Å²) >= 11 is 0. The Morgan fingerprint density at radius 1 is 1.21 bits per heavy atom. The van der Waals surface area contributed by atoms with E-state index in [1.54, 1.807) is 0 Å². The third-order valence-electron chi connectivity index (χ3n) is 5.10. The summed E-state index contributed by atoms with van der Waals surface area (Å²) in [4.78, 5) is 15.1. The molecular formula is C18H26N4O2. The lowest BCUT2D eigenvalue weighted by Crippen LogP contribution is -2.36. The van der Waals surface area contributed by atoms with Gasteiger partial charge in [-0.25, -0.2) is 0 Å². The summed E-state index contributed by atoms with van der Waals surface area (Å²) in [6.45, 7) is 8.62. The van der Waals surface area contributed by atoms with Crippen LogP contribution in [0.5, 0.6) is 0 Å². The SMILES string of the molecule is Cc1noc(C)c1CC(=O)N1CCCCC[C@@H]1c1c(C)n[nH]c1C. The number of likely N-dealkylation sites (tertiary alicyclic amines) is 1. The van der Waals surface area contributed by atoms with Crippen LogP contribution < -0.4 is 0 Å². The Morgan fingerprint density at radius 3 is 2.62 bits per heavy atom. The number of rotatable bonds is 3. The molecule has 1 saturated heterocycles. The number of aryl methyl sites for hydroxylation is 4. The number of hydrogen-bond donors (Lipinski definition) is 1. The predicted octanol–water partition coefficient (Wildman–Crippen LogP) is 3.32. The van der Waals surface area contributed by atoms with Crippen molar-refractivity contribution in [3.63, 3.8) is 0 Å². The average molecular weight is 330 g/mol. The zero-order valence-electron chi connectivity index (χ0n) is 15.0. The first kappa shape index (κ1) is 16.7. The standard InChI is InChI=1S/C18H26N4O2/c1-11-15(14(4)24-21-11)10-17(23)22-9-7-5-6-8-16(22)18-12(2)19-20-13(18)3/h16H,5-10H2,1-4H3,(H,19,20)/t16-/m1/s1. The minimum absolute atomic E-state index is 0.110. The van der Waals surface area contributed by atoms with Crippen molar-refractivity contribution in [1.82, 2.24) is 20.3 Å². The van der Waals surface area contributed by atoms with E-state index in [0.29, 0.717) is 6.42 Å². The zero-order chi connectivity index (χ0) is 17.3. The van der Waals surface area contributed by atoms with E-state index in [0.717, 1.165) is 54.2 Å². The van der Waals surface area contributed by atoms with Gasteiger partial charge in [0, 0.05) is 23.4 Å². The van der Waals surface area contributed by atoms with Crippen LogP contribution in [0.1, 0.15) is 65.7 Å². The van der Waals surface area contributed by atoms with Gasteiger partial charge >= 0.3 is 0 Å². The van der Waals surface area contributed by atoms with E-state index in [-0.39, 0.29) is 11.9 Å². The molecule has 3 rings (SSSR count). The number of carbonyl (C=O) groups excluding carboxylic acids is 1. The van der Waals surface area contributed by atoms with Crippen LogP contribution in [-0.2, 0) is 11.2 Å².